The number of benzene rings is 2. The second kappa shape index (κ2) is 10.4. The van der Waals surface area contributed by atoms with Gasteiger partial charge in [0, 0.05) is 24.9 Å². The van der Waals surface area contributed by atoms with Gasteiger partial charge in [-0.15, -0.1) is 0 Å². The molecule has 0 aliphatic heterocycles. The van der Waals surface area contributed by atoms with E-state index in [0.29, 0.717) is 18.8 Å². The van der Waals surface area contributed by atoms with Crippen molar-refractivity contribution in [3.8, 4) is 0 Å². The van der Waals surface area contributed by atoms with Gasteiger partial charge in [-0.25, -0.2) is 8.42 Å². The molecule has 0 fully saturated rings. The Kier molecular flexibility index (Phi) is 8.17. The summed E-state index contributed by atoms with van der Waals surface area (Å²) >= 11 is 0. The molecule has 0 bridgehead atoms. The molecule has 2 aromatic rings. The monoisotopic (exact) mass is 414 g/mol. The second-order valence-electron chi connectivity index (χ2n) is 7.87. The third-order valence-corrected chi connectivity index (χ3v) is 5.97. The van der Waals surface area contributed by atoms with Gasteiger partial charge in [-0.05, 0) is 47.7 Å². The van der Waals surface area contributed by atoms with E-state index in [0.717, 1.165) is 5.56 Å². The summed E-state index contributed by atoms with van der Waals surface area (Å²) in [5, 5.41) is 2.75. The number of hydrogen-bond donors (Lipinski definition) is 1. The lowest BCUT2D eigenvalue weighted by Crippen LogP contribution is -2.37. The Hall–Kier alpha value is -2.44. The predicted molar refractivity (Wildman–Crippen MR) is 119 cm³/mol. The van der Waals surface area contributed by atoms with Gasteiger partial charge in [-0.1, -0.05) is 58.0 Å². The van der Waals surface area contributed by atoms with Gasteiger partial charge in [0.15, 0.2) is 0 Å². The van der Waals surface area contributed by atoms with Gasteiger partial charge in [-0.3, -0.25) is 4.79 Å². The molecule has 0 atom stereocenters. The molecule has 0 saturated carbocycles. The smallest absolute Gasteiger partial charge is 0.248 e. The van der Waals surface area contributed by atoms with Crippen molar-refractivity contribution in [2.45, 2.75) is 32.6 Å². The number of amides is 1. The number of carbonyl (C=O) groups excluding carboxylic acids is 1. The Balaban J connectivity index is 2.09. The van der Waals surface area contributed by atoms with Crippen LogP contribution in [0.2, 0.25) is 0 Å². The van der Waals surface area contributed by atoms with E-state index in [1.807, 2.05) is 58.0 Å². The first-order valence-electron chi connectivity index (χ1n) is 9.83. The number of sulfonamides is 1. The van der Waals surface area contributed by atoms with Crippen LogP contribution in [0.1, 0.15) is 33.3 Å². The maximum atomic E-state index is 13.0. The van der Waals surface area contributed by atoms with E-state index in [4.69, 9.17) is 0 Å². The molecule has 2 rings (SSSR count). The maximum absolute atomic E-state index is 13.0. The molecule has 0 aromatic heterocycles. The van der Waals surface area contributed by atoms with Crippen molar-refractivity contribution < 1.29 is 13.2 Å². The third kappa shape index (κ3) is 7.15. The van der Waals surface area contributed by atoms with Crippen LogP contribution in [0.5, 0.6) is 0 Å². The topological polar surface area (TPSA) is 66.5 Å². The molecule has 0 heterocycles. The van der Waals surface area contributed by atoms with Crippen LogP contribution in [0, 0.1) is 11.8 Å². The Morgan fingerprint density at radius 2 is 1.48 bits per heavy atom. The summed E-state index contributed by atoms with van der Waals surface area (Å²) in [4.78, 5) is 12.3. The minimum absolute atomic E-state index is 0.233. The normalized spacial score (nSPS) is 12.2. The lowest BCUT2D eigenvalue weighted by atomic mass is 10.2. The van der Waals surface area contributed by atoms with Gasteiger partial charge < -0.3 is 5.32 Å². The van der Waals surface area contributed by atoms with Crippen molar-refractivity contribution in [1.29, 1.82) is 0 Å². The fourth-order valence-corrected chi connectivity index (χ4v) is 4.63. The predicted octanol–water partition coefficient (Wildman–Crippen LogP) is 4.64. The summed E-state index contributed by atoms with van der Waals surface area (Å²) in [7, 11) is -3.58. The van der Waals surface area contributed by atoms with Gasteiger partial charge in [0.05, 0.1) is 4.90 Å². The highest BCUT2D eigenvalue weighted by Gasteiger charge is 2.25. The standard InChI is InChI=1S/C23H30N2O3S/c1-18(2)16-25(17-19(3)4)29(27,28)22-13-11-21(12-14-22)24-23(26)15-10-20-8-6-5-7-9-20/h5-15,18-19H,16-17H2,1-4H3,(H,24,26)/b15-10+. The molecule has 156 valence electrons. The zero-order valence-electron chi connectivity index (χ0n) is 17.5. The molecule has 1 N–H and O–H groups in total. The lowest BCUT2D eigenvalue weighted by molar-refractivity contribution is -0.111. The quantitative estimate of drug-likeness (QED) is 0.608. The molecule has 0 radical (unpaired) electrons. The minimum Gasteiger partial charge on any atom is -0.323 e. The average Bonchev–Trinajstić information content (AvgIpc) is 2.66. The van der Waals surface area contributed by atoms with Crippen molar-refractivity contribution in [2.24, 2.45) is 11.8 Å². The Morgan fingerprint density at radius 3 is 2.00 bits per heavy atom. The zero-order chi connectivity index (χ0) is 21.4. The number of anilines is 1. The molecule has 0 aliphatic rings. The lowest BCUT2D eigenvalue weighted by Gasteiger charge is -2.25. The summed E-state index contributed by atoms with van der Waals surface area (Å²) in [5.74, 6) is 0.197. The van der Waals surface area contributed by atoms with E-state index in [9.17, 15) is 13.2 Å². The molecular formula is C23H30N2O3S. The van der Waals surface area contributed by atoms with Gasteiger partial charge in [-0.2, -0.15) is 4.31 Å². The summed E-state index contributed by atoms with van der Waals surface area (Å²) in [6, 6.07) is 15.8. The molecule has 2 aromatic carbocycles. The molecule has 0 saturated heterocycles. The summed E-state index contributed by atoms with van der Waals surface area (Å²) in [6.07, 6.45) is 3.18. The average molecular weight is 415 g/mol. The molecule has 0 spiro atoms. The van der Waals surface area contributed by atoms with Crippen molar-refractivity contribution in [3.63, 3.8) is 0 Å². The van der Waals surface area contributed by atoms with E-state index < -0.39 is 10.0 Å². The maximum Gasteiger partial charge on any atom is 0.248 e. The van der Waals surface area contributed by atoms with Crippen molar-refractivity contribution >= 4 is 27.7 Å². The van der Waals surface area contributed by atoms with Crippen LogP contribution in [-0.2, 0) is 14.8 Å². The number of hydrogen-bond acceptors (Lipinski definition) is 3. The molecule has 0 unspecified atom stereocenters. The van der Waals surface area contributed by atoms with E-state index in [1.165, 1.54) is 6.08 Å². The first kappa shape index (κ1) is 22.8. The molecule has 6 heteroatoms. The highest BCUT2D eigenvalue weighted by Crippen LogP contribution is 2.21. The summed E-state index contributed by atoms with van der Waals surface area (Å²) < 4.78 is 27.6. The SMILES string of the molecule is CC(C)CN(CC(C)C)S(=O)(=O)c1ccc(NC(=O)/C=C/c2ccccc2)cc1. The third-order valence-electron chi connectivity index (χ3n) is 4.12. The molecule has 0 aliphatic carbocycles. The van der Waals surface area contributed by atoms with Crippen LogP contribution in [-0.4, -0.2) is 31.7 Å². The first-order valence-corrected chi connectivity index (χ1v) is 11.3. The van der Waals surface area contributed by atoms with Crippen LogP contribution in [0.15, 0.2) is 65.6 Å². The van der Waals surface area contributed by atoms with E-state index in [2.05, 4.69) is 5.32 Å². The molecule has 1 amide bonds. The number of rotatable bonds is 9. The first-order chi connectivity index (χ1) is 13.7. The van der Waals surface area contributed by atoms with Gasteiger partial charge in [0.1, 0.15) is 0 Å². The van der Waals surface area contributed by atoms with E-state index in [-0.39, 0.29) is 22.6 Å². The van der Waals surface area contributed by atoms with E-state index in [1.54, 1.807) is 34.6 Å². The fourth-order valence-electron chi connectivity index (χ4n) is 2.86. The van der Waals surface area contributed by atoms with Crippen LogP contribution in [0.4, 0.5) is 5.69 Å². The second-order valence-corrected chi connectivity index (χ2v) is 9.81. The Labute approximate surface area is 174 Å². The largest absolute Gasteiger partial charge is 0.323 e. The minimum atomic E-state index is -3.58. The Bertz CT molecular complexity index is 908. The van der Waals surface area contributed by atoms with Gasteiger partial charge in [0.25, 0.3) is 0 Å². The van der Waals surface area contributed by atoms with Crippen LogP contribution < -0.4 is 5.32 Å². The van der Waals surface area contributed by atoms with Crippen molar-refractivity contribution in [3.05, 3.63) is 66.2 Å². The highest BCUT2D eigenvalue weighted by molar-refractivity contribution is 7.89. The van der Waals surface area contributed by atoms with E-state index >= 15 is 0 Å². The Morgan fingerprint density at radius 1 is 0.931 bits per heavy atom. The van der Waals surface area contributed by atoms with Crippen molar-refractivity contribution in [2.75, 3.05) is 18.4 Å². The number of nitrogens with zero attached hydrogens (tertiary/aromatic N) is 1. The van der Waals surface area contributed by atoms with Crippen LogP contribution >= 0.6 is 0 Å². The van der Waals surface area contributed by atoms with Gasteiger partial charge in [0.2, 0.25) is 15.9 Å². The zero-order valence-corrected chi connectivity index (χ0v) is 18.3. The van der Waals surface area contributed by atoms with Crippen LogP contribution in [0.3, 0.4) is 0 Å². The molecule has 5 nitrogen and oxygen atoms in total. The summed E-state index contributed by atoms with van der Waals surface area (Å²) in [5.41, 5.74) is 1.48. The highest BCUT2D eigenvalue weighted by atomic mass is 32.2. The fraction of sp³-hybridized carbons (Fsp3) is 0.348. The number of carbonyl (C=O) groups is 1. The summed E-state index contributed by atoms with van der Waals surface area (Å²) in [6.45, 7) is 8.97. The van der Waals surface area contributed by atoms with Gasteiger partial charge >= 0.3 is 0 Å². The molecular weight excluding hydrogens is 384 g/mol. The van der Waals surface area contributed by atoms with Crippen molar-refractivity contribution in [1.82, 2.24) is 4.31 Å². The van der Waals surface area contributed by atoms with Crippen LogP contribution in [0.25, 0.3) is 6.08 Å². The molecule has 29 heavy (non-hydrogen) atoms. The number of nitrogens with one attached hydrogen (secondary N) is 1.